The van der Waals surface area contributed by atoms with Crippen LogP contribution in [0.2, 0.25) is 0 Å². The van der Waals surface area contributed by atoms with E-state index in [4.69, 9.17) is 19.9 Å². The lowest BCUT2D eigenvalue weighted by Crippen LogP contribution is -2.28. The van der Waals surface area contributed by atoms with Crippen molar-refractivity contribution in [1.82, 2.24) is 19.5 Å². The van der Waals surface area contributed by atoms with Gasteiger partial charge in [-0.2, -0.15) is 0 Å². The van der Waals surface area contributed by atoms with Crippen LogP contribution in [-0.2, 0) is 14.2 Å². The minimum Gasteiger partial charge on any atom is -0.422 e. The second-order valence-electron chi connectivity index (χ2n) is 4.42. The summed E-state index contributed by atoms with van der Waals surface area (Å²) in [4.78, 5) is 23.1. The Bertz CT molecular complexity index is 702. The number of ether oxygens (including phenoxy) is 3. The third kappa shape index (κ3) is 1.39. The van der Waals surface area contributed by atoms with E-state index >= 15 is 0 Å². The number of aromatic nitrogens is 4. The quantitative estimate of drug-likeness (QED) is 0.640. The Morgan fingerprint density at radius 3 is 2.90 bits per heavy atom. The molecule has 2 fully saturated rings. The Labute approximate surface area is 111 Å². The SMILES string of the molecule is Nc1ncnc2c1ncn2[C@@H]1OC(O)[C@H]2OC(=O)O[C@H]21. The van der Waals surface area contributed by atoms with E-state index in [9.17, 15) is 9.90 Å². The largest absolute Gasteiger partial charge is 0.509 e. The molecule has 4 heterocycles. The predicted octanol–water partition coefficient (Wildman–Crippen LogP) is -0.840. The van der Waals surface area contributed by atoms with Gasteiger partial charge in [0, 0.05) is 0 Å². The summed E-state index contributed by atoms with van der Waals surface area (Å²) in [6.07, 6.45) is -1.83. The maximum Gasteiger partial charge on any atom is 0.509 e. The zero-order valence-corrected chi connectivity index (χ0v) is 9.91. The molecule has 0 saturated carbocycles. The van der Waals surface area contributed by atoms with Crippen molar-refractivity contribution in [2.75, 3.05) is 5.73 Å². The number of nitrogens with two attached hydrogens (primary N) is 1. The third-order valence-electron chi connectivity index (χ3n) is 3.29. The molecule has 0 amide bonds. The highest BCUT2D eigenvalue weighted by molar-refractivity contribution is 5.81. The number of nitrogen functional groups attached to an aromatic ring is 1. The van der Waals surface area contributed by atoms with Gasteiger partial charge in [-0.05, 0) is 0 Å². The fourth-order valence-corrected chi connectivity index (χ4v) is 2.40. The average Bonchev–Trinajstić information content (AvgIpc) is 3.06. The molecule has 10 heteroatoms. The smallest absolute Gasteiger partial charge is 0.422 e. The number of hydrogen-bond acceptors (Lipinski definition) is 9. The number of carbonyl (C=O) groups excluding carboxylic acids is 1. The Morgan fingerprint density at radius 2 is 2.05 bits per heavy atom. The molecule has 4 rings (SSSR count). The van der Waals surface area contributed by atoms with Crippen LogP contribution in [0.1, 0.15) is 6.23 Å². The fraction of sp³-hybridized carbons (Fsp3) is 0.400. The number of anilines is 1. The standard InChI is InChI=1S/C10H9N5O5/c11-6-3-7(13-1-12-6)15(2-14-3)8-4-5(9(16)20-8)19-10(17)18-4/h1-2,4-5,8-9,16H,(H2,11,12,13)/t4-,5+,8-,9?/m1/s1. The van der Waals surface area contributed by atoms with E-state index < -0.39 is 30.9 Å². The zero-order valence-electron chi connectivity index (χ0n) is 9.91. The number of aliphatic hydroxyl groups excluding tert-OH is 1. The van der Waals surface area contributed by atoms with Gasteiger partial charge in [-0.3, -0.25) is 4.57 Å². The van der Waals surface area contributed by atoms with Crippen molar-refractivity contribution in [3.05, 3.63) is 12.7 Å². The Morgan fingerprint density at radius 1 is 1.25 bits per heavy atom. The molecule has 0 spiro atoms. The van der Waals surface area contributed by atoms with Crippen LogP contribution in [0.15, 0.2) is 12.7 Å². The van der Waals surface area contributed by atoms with Crippen LogP contribution in [0, 0.1) is 0 Å². The van der Waals surface area contributed by atoms with Crippen molar-refractivity contribution >= 4 is 23.1 Å². The molecule has 2 aliphatic heterocycles. The van der Waals surface area contributed by atoms with Crippen LogP contribution in [0.25, 0.3) is 11.2 Å². The van der Waals surface area contributed by atoms with Gasteiger partial charge < -0.3 is 25.1 Å². The second-order valence-corrected chi connectivity index (χ2v) is 4.42. The topological polar surface area (TPSA) is 135 Å². The van der Waals surface area contributed by atoms with E-state index in [0.29, 0.717) is 11.2 Å². The van der Waals surface area contributed by atoms with Gasteiger partial charge in [0.2, 0.25) is 0 Å². The Balaban J connectivity index is 1.80. The number of hydrogen-bond donors (Lipinski definition) is 2. The van der Waals surface area contributed by atoms with E-state index in [0.717, 1.165) is 0 Å². The molecule has 4 atom stereocenters. The van der Waals surface area contributed by atoms with E-state index in [2.05, 4.69) is 15.0 Å². The maximum atomic E-state index is 11.2. The second kappa shape index (κ2) is 3.77. The molecule has 2 aromatic heterocycles. The molecule has 104 valence electrons. The van der Waals surface area contributed by atoms with Crippen LogP contribution in [0.4, 0.5) is 10.6 Å². The van der Waals surface area contributed by atoms with Crippen LogP contribution < -0.4 is 5.73 Å². The lowest BCUT2D eigenvalue weighted by atomic mass is 10.2. The van der Waals surface area contributed by atoms with Crippen molar-refractivity contribution in [2.45, 2.75) is 24.7 Å². The highest BCUT2D eigenvalue weighted by atomic mass is 16.8. The van der Waals surface area contributed by atoms with Crippen molar-refractivity contribution < 1.29 is 24.1 Å². The van der Waals surface area contributed by atoms with Crippen LogP contribution in [0.5, 0.6) is 0 Å². The minimum atomic E-state index is -1.27. The maximum absolute atomic E-state index is 11.2. The highest BCUT2D eigenvalue weighted by Crippen LogP contribution is 2.38. The van der Waals surface area contributed by atoms with E-state index in [-0.39, 0.29) is 5.82 Å². The van der Waals surface area contributed by atoms with Crippen LogP contribution in [0.3, 0.4) is 0 Å². The molecule has 2 aromatic rings. The Hall–Kier alpha value is -2.46. The van der Waals surface area contributed by atoms with Gasteiger partial charge >= 0.3 is 6.16 Å². The number of fused-ring (bicyclic) bond motifs is 2. The van der Waals surface area contributed by atoms with Gasteiger partial charge in [0.15, 0.2) is 36.2 Å². The highest BCUT2D eigenvalue weighted by Gasteiger charge is 2.55. The molecule has 0 aromatic carbocycles. The number of rotatable bonds is 1. The molecule has 0 radical (unpaired) electrons. The van der Waals surface area contributed by atoms with E-state index in [1.54, 1.807) is 0 Å². The fourth-order valence-electron chi connectivity index (χ4n) is 2.40. The number of aliphatic hydroxyl groups is 1. The average molecular weight is 279 g/mol. The van der Waals surface area contributed by atoms with Crippen LogP contribution >= 0.6 is 0 Å². The third-order valence-corrected chi connectivity index (χ3v) is 3.29. The molecule has 0 bridgehead atoms. The van der Waals surface area contributed by atoms with Gasteiger partial charge in [0.05, 0.1) is 6.33 Å². The molecule has 2 aliphatic rings. The van der Waals surface area contributed by atoms with Gasteiger partial charge in [-0.15, -0.1) is 0 Å². The van der Waals surface area contributed by atoms with E-state index in [1.165, 1.54) is 17.2 Å². The summed E-state index contributed by atoms with van der Waals surface area (Å²) < 4.78 is 16.7. The molecule has 1 unspecified atom stereocenters. The molecule has 3 N–H and O–H groups in total. The summed E-state index contributed by atoms with van der Waals surface area (Å²) in [5, 5.41) is 9.74. The lowest BCUT2D eigenvalue weighted by molar-refractivity contribution is -0.149. The first-order valence-electron chi connectivity index (χ1n) is 5.79. The van der Waals surface area contributed by atoms with Gasteiger partial charge in [0.25, 0.3) is 0 Å². The molecular formula is C10H9N5O5. The first kappa shape index (κ1) is 11.4. The molecular weight excluding hydrogens is 270 g/mol. The van der Waals surface area contributed by atoms with Crippen molar-refractivity contribution in [3.8, 4) is 0 Å². The zero-order chi connectivity index (χ0) is 13.9. The summed E-state index contributed by atoms with van der Waals surface area (Å²) in [7, 11) is 0. The monoisotopic (exact) mass is 279 g/mol. The first-order chi connectivity index (χ1) is 9.65. The lowest BCUT2D eigenvalue weighted by Gasteiger charge is -2.16. The summed E-state index contributed by atoms with van der Waals surface area (Å²) in [5.41, 5.74) is 6.51. The number of carbonyl (C=O) groups is 1. The van der Waals surface area contributed by atoms with Crippen LogP contribution in [-0.4, -0.2) is 49.3 Å². The van der Waals surface area contributed by atoms with Crippen molar-refractivity contribution in [1.29, 1.82) is 0 Å². The van der Waals surface area contributed by atoms with Crippen molar-refractivity contribution in [3.63, 3.8) is 0 Å². The van der Waals surface area contributed by atoms with Gasteiger partial charge in [-0.1, -0.05) is 0 Å². The van der Waals surface area contributed by atoms with Gasteiger partial charge in [0.1, 0.15) is 11.8 Å². The minimum absolute atomic E-state index is 0.225. The normalized spacial score (nSPS) is 32.1. The summed E-state index contributed by atoms with van der Waals surface area (Å²) >= 11 is 0. The molecule has 0 aliphatic carbocycles. The molecule has 10 nitrogen and oxygen atoms in total. The first-order valence-corrected chi connectivity index (χ1v) is 5.79. The summed E-state index contributed by atoms with van der Waals surface area (Å²) in [5.74, 6) is 0.225. The number of imidazole rings is 1. The summed E-state index contributed by atoms with van der Waals surface area (Å²) in [6.45, 7) is 0. The summed E-state index contributed by atoms with van der Waals surface area (Å²) in [6, 6.07) is 0. The predicted molar refractivity (Wildman–Crippen MR) is 61.0 cm³/mol. The Kier molecular flexibility index (Phi) is 2.15. The van der Waals surface area contributed by atoms with Crippen molar-refractivity contribution in [2.24, 2.45) is 0 Å². The molecule has 2 saturated heterocycles. The van der Waals surface area contributed by atoms with E-state index in [1.807, 2.05) is 0 Å². The molecule has 20 heavy (non-hydrogen) atoms. The number of nitrogens with zero attached hydrogens (tertiary/aromatic N) is 4. The van der Waals surface area contributed by atoms with Gasteiger partial charge in [-0.25, -0.2) is 19.7 Å².